The summed E-state index contributed by atoms with van der Waals surface area (Å²) >= 11 is 0. The van der Waals surface area contributed by atoms with Crippen LogP contribution in [0.5, 0.6) is 0 Å². The Morgan fingerprint density at radius 3 is 0.933 bits per heavy atom. The molecule has 0 bridgehead atoms. The lowest BCUT2D eigenvalue weighted by Gasteiger charge is -2.33. The van der Waals surface area contributed by atoms with E-state index in [4.69, 9.17) is 37.9 Å². The second-order valence-electron chi connectivity index (χ2n) is 34.4. The van der Waals surface area contributed by atoms with E-state index in [-0.39, 0.29) is 0 Å². The topological polar surface area (TPSA) is 453 Å². The van der Waals surface area contributed by atoms with E-state index < -0.39 is 252 Å². The number of carbonyl (C=O) groups is 14. The Morgan fingerprint density at radius 2 is 0.581 bits per heavy atom. The molecule has 0 heterocycles. The van der Waals surface area contributed by atoms with Crippen molar-refractivity contribution in [3.8, 4) is 0 Å². The van der Waals surface area contributed by atoms with Crippen molar-refractivity contribution in [3.63, 3.8) is 0 Å². The van der Waals surface area contributed by atoms with Crippen LogP contribution in [0, 0.1) is 11.8 Å². The van der Waals surface area contributed by atoms with E-state index in [0.717, 1.165) is 0 Å². The van der Waals surface area contributed by atoms with Crippen molar-refractivity contribution in [3.05, 3.63) is 0 Å². The van der Waals surface area contributed by atoms with Crippen LogP contribution in [0.2, 0.25) is 0 Å². The van der Waals surface area contributed by atoms with Gasteiger partial charge in [-0.25, -0.2) is 9.59 Å². The lowest BCUT2D eigenvalue weighted by atomic mass is 9.98. The molecule has 0 aliphatic heterocycles. The van der Waals surface area contributed by atoms with Gasteiger partial charge in [0.2, 0.25) is 53.2 Å². The highest BCUT2D eigenvalue weighted by molar-refractivity contribution is 6.00. The highest BCUT2D eigenvalue weighted by atomic mass is 16.6. The van der Waals surface area contributed by atoms with Crippen molar-refractivity contribution in [2.75, 3.05) is 19.8 Å². The van der Waals surface area contributed by atoms with Gasteiger partial charge in [-0.3, -0.25) is 57.5 Å². The van der Waals surface area contributed by atoms with Gasteiger partial charge in [0.25, 0.3) is 0 Å². The number of nitrogens with one attached hydrogen (secondary N) is 10. The maximum atomic E-state index is 14.9. The number of hydrogen-bond donors (Lipinski definition) is 11. The van der Waals surface area contributed by atoms with Gasteiger partial charge in [-0.1, -0.05) is 27.7 Å². The molecule has 0 saturated heterocycles. The van der Waals surface area contributed by atoms with E-state index in [2.05, 4.69) is 53.2 Å². The fraction of sp³-hybridized carbons (Fsp3) is 0.806. The molecule has 10 amide bonds. The average Bonchev–Trinajstić information content (AvgIpc) is 0.840. The predicted octanol–water partition coefficient (Wildman–Crippen LogP) is 3.89. The first-order chi connectivity index (χ1) is 47.2. The molecular formula is C72H128N10O23. The third kappa shape index (κ3) is 43.4. The molecule has 0 aromatic rings. The monoisotopic (exact) mass is 1500 g/mol. The summed E-state index contributed by atoms with van der Waals surface area (Å²) in [6.45, 7) is 46.5. The van der Waals surface area contributed by atoms with Crippen molar-refractivity contribution >= 4 is 83.1 Å². The maximum absolute atomic E-state index is 14.9. The number of amides is 10. The number of carboxylic acid groups (broad SMARTS) is 1. The minimum absolute atomic E-state index is 0.395. The number of aliphatic carboxylic acids is 1. The summed E-state index contributed by atoms with van der Waals surface area (Å²) < 4.78 is 45.5. The van der Waals surface area contributed by atoms with Crippen LogP contribution in [-0.4, -0.2) is 219 Å². The number of hydrogen-bond acceptors (Lipinski definition) is 22. The first-order valence-electron chi connectivity index (χ1n) is 35.4. The van der Waals surface area contributed by atoms with Crippen LogP contribution in [0.1, 0.15) is 233 Å². The maximum Gasteiger partial charge on any atom is 0.408 e. The van der Waals surface area contributed by atoms with Crippen molar-refractivity contribution in [1.82, 2.24) is 53.2 Å². The van der Waals surface area contributed by atoms with Gasteiger partial charge in [0.05, 0.1) is 61.2 Å². The molecule has 0 aliphatic rings. The second-order valence-corrected chi connectivity index (χ2v) is 34.4. The smallest absolute Gasteiger partial charge is 0.408 e. The Balaban J connectivity index is 7.49. The zero-order chi connectivity index (χ0) is 82.3. The number of rotatable bonds is 37. The van der Waals surface area contributed by atoms with Gasteiger partial charge in [0.1, 0.15) is 82.8 Å². The van der Waals surface area contributed by atoms with E-state index in [1.54, 1.807) is 194 Å². The summed E-state index contributed by atoms with van der Waals surface area (Å²) in [6, 6.07) is -16.3. The van der Waals surface area contributed by atoms with Gasteiger partial charge in [-0.2, -0.15) is 0 Å². The van der Waals surface area contributed by atoms with Crippen LogP contribution in [0.4, 0.5) is 4.79 Å². The molecule has 0 aromatic heterocycles. The number of esters is 3. The molecule has 11 atom stereocenters. The van der Waals surface area contributed by atoms with Crippen molar-refractivity contribution in [2.24, 2.45) is 11.8 Å². The number of alkyl carbamates (subject to hydrolysis) is 1. The predicted molar refractivity (Wildman–Crippen MR) is 387 cm³/mol. The molecule has 0 radical (unpaired) electrons. The molecule has 0 spiro atoms. The Morgan fingerprint density at radius 1 is 0.295 bits per heavy atom. The first-order valence-corrected chi connectivity index (χ1v) is 35.4. The standard InChI is InChI=1S/C72H128N10O23/c1-38(2)51(81-61(93)52(39(3)4)80-54(86)40(5)73-55(87)43(33-49(84)103-70(22,23)24)75-59(91)47(37-100-67(13,14)15)79-64(97)105-72(28,29)30)60(92)76-44(34-50(85)104-71(25,26)27)56(88)82-53(41(6)101-68(16,17)18)62(94)78-46(36-99-66(10,11)12)58(90)77-45(35-98-65(7,8)9)57(89)74-42(63(95)96)31-32-48(83)102-69(19,20)21/h38-47,51-53H,31-37H2,1-30H3,(H,73,87)(H,74,89)(H,75,91)(H,76,92)(H,77,90)(H,78,94)(H,79,97)(H,80,86)(H,81,93)(H,82,88)(H,95,96)/t40-,41+,42-,43-,44-,45-,46-,47-,51-,52-,53-/m0/s1. The van der Waals surface area contributed by atoms with Gasteiger partial charge in [0.15, 0.2) is 0 Å². The lowest BCUT2D eigenvalue weighted by molar-refractivity contribution is -0.157. The summed E-state index contributed by atoms with van der Waals surface area (Å²) in [5, 5.41) is 35.2. The Kier molecular flexibility index (Phi) is 37.8. The molecule has 33 nitrogen and oxygen atoms in total. The number of carbonyl (C=O) groups excluding carboxylic acids is 13. The van der Waals surface area contributed by atoms with Crippen LogP contribution >= 0.6 is 0 Å². The van der Waals surface area contributed by atoms with E-state index in [0.29, 0.717) is 0 Å². The van der Waals surface area contributed by atoms with Crippen molar-refractivity contribution in [1.29, 1.82) is 0 Å². The number of carboxylic acids is 1. The second kappa shape index (κ2) is 40.8. The SMILES string of the molecule is CC(C)[C@H](NC(=O)[C@H](C)NC(=O)[C@H](CC(=O)OC(C)(C)C)NC(=O)[C@H](COC(C)(C)C)NC(=O)OC(C)(C)C)C(=O)N[C@H](C(=O)N[C@@H](CC(=O)OC(C)(C)C)C(=O)N[C@H](C(=O)N[C@@H](COC(C)(C)C)C(=O)N[C@@H](COC(C)(C)C)C(=O)N[C@@H](CCC(=O)OC(C)(C)C)C(=O)O)[C@@H](C)OC(C)(C)C)C(C)C. The molecule has 0 unspecified atom stereocenters. The zero-order valence-corrected chi connectivity index (χ0v) is 67.9. The molecular weight excluding hydrogens is 1370 g/mol. The van der Waals surface area contributed by atoms with Crippen LogP contribution in [0.25, 0.3) is 0 Å². The summed E-state index contributed by atoms with van der Waals surface area (Å²) in [5.74, 6) is -15.0. The quantitative estimate of drug-likeness (QED) is 0.0310. The Labute approximate surface area is 620 Å². The highest BCUT2D eigenvalue weighted by Gasteiger charge is 2.41. The Hall–Kier alpha value is -7.78. The molecule has 0 aliphatic carbocycles. The van der Waals surface area contributed by atoms with Crippen LogP contribution in [0.15, 0.2) is 0 Å². The minimum atomic E-state index is -1.88. The molecule has 11 N–H and O–H groups in total. The fourth-order valence-corrected chi connectivity index (χ4v) is 9.02. The van der Waals surface area contributed by atoms with Gasteiger partial charge < -0.3 is 96.2 Å². The van der Waals surface area contributed by atoms with E-state index in [9.17, 15) is 72.2 Å². The third-order valence-corrected chi connectivity index (χ3v) is 13.7. The molecule has 604 valence electrons. The van der Waals surface area contributed by atoms with Crippen LogP contribution in [-0.2, 0) is 100 Å². The molecule has 33 heteroatoms. The molecule has 0 saturated carbocycles. The van der Waals surface area contributed by atoms with Gasteiger partial charge in [-0.05, 0) is 198 Å². The van der Waals surface area contributed by atoms with Crippen LogP contribution < -0.4 is 53.2 Å². The molecule has 0 rings (SSSR count). The van der Waals surface area contributed by atoms with Gasteiger partial charge in [-0.15, -0.1) is 0 Å². The summed E-state index contributed by atoms with van der Waals surface area (Å²) in [4.78, 5) is 195. The fourth-order valence-electron chi connectivity index (χ4n) is 9.02. The van der Waals surface area contributed by atoms with Crippen LogP contribution in [0.3, 0.4) is 0 Å². The molecule has 0 fully saturated rings. The first kappa shape index (κ1) is 97.2. The molecule has 105 heavy (non-hydrogen) atoms. The van der Waals surface area contributed by atoms with Gasteiger partial charge >= 0.3 is 30.0 Å². The van der Waals surface area contributed by atoms with E-state index in [1.165, 1.54) is 13.8 Å². The number of ether oxygens (including phenoxy) is 8. The summed E-state index contributed by atoms with van der Waals surface area (Å²) in [5.41, 5.74) is -7.72. The van der Waals surface area contributed by atoms with Crippen molar-refractivity contribution in [2.45, 2.75) is 345 Å². The molecule has 0 aromatic carbocycles. The largest absolute Gasteiger partial charge is 0.480 e. The zero-order valence-electron chi connectivity index (χ0n) is 67.9. The van der Waals surface area contributed by atoms with E-state index >= 15 is 0 Å². The summed E-state index contributed by atoms with van der Waals surface area (Å²) in [6.07, 6.45) is -4.68. The highest BCUT2D eigenvalue weighted by Crippen LogP contribution is 2.20. The van der Waals surface area contributed by atoms with Gasteiger partial charge in [0, 0.05) is 6.42 Å². The normalized spacial score (nSPS) is 15.7. The van der Waals surface area contributed by atoms with Crippen molar-refractivity contribution < 1.29 is 110 Å². The third-order valence-electron chi connectivity index (χ3n) is 13.7. The summed E-state index contributed by atoms with van der Waals surface area (Å²) in [7, 11) is 0. The minimum Gasteiger partial charge on any atom is -0.480 e. The lowest BCUT2D eigenvalue weighted by Crippen LogP contribution is -2.64. The van der Waals surface area contributed by atoms with E-state index in [1.807, 2.05) is 0 Å². The average molecular weight is 1500 g/mol. The Bertz CT molecular complexity index is 2970.